The molecule has 0 unspecified atom stereocenters. The lowest BCUT2D eigenvalue weighted by atomic mass is 10.2. The highest BCUT2D eigenvalue weighted by Gasteiger charge is 2.24. The fraction of sp³-hybridized carbons (Fsp3) is 0.300. The highest BCUT2D eigenvalue weighted by molar-refractivity contribution is 7.99. The summed E-state index contributed by atoms with van der Waals surface area (Å²) in [6.45, 7) is 0.682. The van der Waals surface area contributed by atoms with Crippen LogP contribution in [0.1, 0.15) is 19.3 Å². The van der Waals surface area contributed by atoms with E-state index < -0.39 is 0 Å². The zero-order chi connectivity index (χ0) is 19.2. The van der Waals surface area contributed by atoms with Gasteiger partial charge in [0.05, 0.1) is 12.8 Å². The van der Waals surface area contributed by atoms with E-state index in [1.807, 2.05) is 0 Å². The Balaban J connectivity index is 1.55. The van der Waals surface area contributed by atoms with Gasteiger partial charge in [0, 0.05) is 41.8 Å². The maximum absolute atomic E-state index is 12.9. The quantitative estimate of drug-likeness (QED) is 0.726. The molecule has 1 aliphatic heterocycles. The zero-order valence-electron chi connectivity index (χ0n) is 15.0. The van der Waals surface area contributed by atoms with Gasteiger partial charge in [0.15, 0.2) is 0 Å². The first kappa shape index (κ1) is 19.2. The second-order valence-electron chi connectivity index (χ2n) is 6.14. The molecular formula is C20H21FN2O3S. The standard InChI is InChI=1S/C20H21FN2O3S/c1-26-18-13-15(6-9-17(18)23-11-2-3-20(23)25)22-19(24)10-12-27-16-7-4-14(21)5-8-16/h4-9,13H,2-3,10-12H2,1H3,(H,22,24). The Bertz CT molecular complexity index is 826. The molecule has 0 saturated carbocycles. The van der Waals surface area contributed by atoms with E-state index in [0.717, 1.165) is 17.0 Å². The van der Waals surface area contributed by atoms with Crippen LogP contribution in [0.4, 0.5) is 15.8 Å². The molecule has 0 aliphatic carbocycles. The van der Waals surface area contributed by atoms with Gasteiger partial charge in [-0.1, -0.05) is 0 Å². The minimum Gasteiger partial charge on any atom is -0.494 e. The monoisotopic (exact) mass is 388 g/mol. The molecule has 7 heteroatoms. The lowest BCUT2D eigenvalue weighted by molar-refractivity contribution is -0.117. The van der Waals surface area contributed by atoms with Gasteiger partial charge >= 0.3 is 0 Å². The van der Waals surface area contributed by atoms with Gasteiger partial charge in [-0.2, -0.15) is 0 Å². The molecule has 0 bridgehead atoms. The summed E-state index contributed by atoms with van der Waals surface area (Å²) in [5.74, 6) is 0.850. The second-order valence-corrected chi connectivity index (χ2v) is 7.30. The van der Waals surface area contributed by atoms with E-state index in [0.29, 0.717) is 36.6 Å². The number of nitrogens with zero attached hydrogens (tertiary/aromatic N) is 1. The first-order chi connectivity index (χ1) is 13.1. The first-order valence-corrected chi connectivity index (χ1v) is 9.72. The van der Waals surface area contributed by atoms with Gasteiger partial charge in [0.1, 0.15) is 11.6 Å². The average Bonchev–Trinajstić information content (AvgIpc) is 3.09. The summed E-state index contributed by atoms with van der Waals surface area (Å²) in [7, 11) is 1.55. The van der Waals surface area contributed by atoms with Crippen LogP contribution in [0.25, 0.3) is 0 Å². The second kappa shape index (κ2) is 8.90. The summed E-state index contributed by atoms with van der Waals surface area (Å²) >= 11 is 1.50. The number of ether oxygens (including phenoxy) is 1. The molecule has 2 amide bonds. The number of methoxy groups -OCH3 is 1. The summed E-state index contributed by atoms with van der Waals surface area (Å²) in [6.07, 6.45) is 1.72. The third kappa shape index (κ3) is 5.01. The minimum atomic E-state index is -0.273. The van der Waals surface area contributed by atoms with Crippen LogP contribution in [0.2, 0.25) is 0 Å². The largest absolute Gasteiger partial charge is 0.494 e. The minimum absolute atomic E-state index is 0.0860. The van der Waals surface area contributed by atoms with Gasteiger partial charge < -0.3 is 15.0 Å². The van der Waals surface area contributed by atoms with Crippen LogP contribution in [0.5, 0.6) is 5.75 Å². The predicted molar refractivity (Wildman–Crippen MR) is 105 cm³/mol. The molecule has 1 aliphatic rings. The molecule has 1 fully saturated rings. The van der Waals surface area contributed by atoms with Crippen molar-refractivity contribution in [2.24, 2.45) is 0 Å². The number of nitrogens with one attached hydrogen (secondary N) is 1. The normalized spacial score (nSPS) is 13.7. The van der Waals surface area contributed by atoms with Crippen molar-refractivity contribution in [3.8, 4) is 5.75 Å². The molecule has 1 N–H and O–H groups in total. The molecule has 1 heterocycles. The smallest absolute Gasteiger partial charge is 0.227 e. The number of benzene rings is 2. The molecule has 3 rings (SSSR count). The van der Waals surface area contributed by atoms with E-state index in [2.05, 4.69) is 5.32 Å². The summed E-state index contributed by atoms with van der Waals surface area (Å²) in [6, 6.07) is 11.5. The number of carbonyl (C=O) groups is 2. The van der Waals surface area contributed by atoms with Gasteiger partial charge in [-0.05, 0) is 42.8 Å². The van der Waals surface area contributed by atoms with E-state index in [9.17, 15) is 14.0 Å². The number of thioether (sulfide) groups is 1. The van der Waals surface area contributed by atoms with E-state index in [-0.39, 0.29) is 17.6 Å². The Labute approximate surface area is 161 Å². The Morgan fingerprint density at radius 3 is 2.70 bits per heavy atom. The van der Waals surface area contributed by atoms with Crippen LogP contribution in [0.15, 0.2) is 47.4 Å². The zero-order valence-corrected chi connectivity index (χ0v) is 15.9. The molecule has 1 saturated heterocycles. The van der Waals surface area contributed by atoms with Crippen molar-refractivity contribution in [2.75, 3.05) is 29.6 Å². The molecule has 2 aromatic rings. The van der Waals surface area contributed by atoms with E-state index in [1.165, 1.54) is 23.9 Å². The number of rotatable bonds is 7. The number of halogens is 1. The van der Waals surface area contributed by atoms with Crippen molar-refractivity contribution >= 4 is 35.0 Å². The van der Waals surface area contributed by atoms with Crippen LogP contribution in [0.3, 0.4) is 0 Å². The fourth-order valence-corrected chi connectivity index (χ4v) is 3.75. The number of hydrogen-bond acceptors (Lipinski definition) is 4. The lowest BCUT2D eigenvalue weighted by Gasteiger charge is -2.19. The molecule has 0 radical (unpaired) electrons. The van der Waals surface area contributed by atoms with Crippen molar-refractivity contribution in [1.82, 2.24) is 0 Å². The Morgan fingerprint density at radius 1 is 1.26 bits per heavy atom. The summed E-state index contributed by atoms with van der Waals surface area (Å²) in [4.78, 5) is 26.7. The van der Waals surface area contributed by atoms with Gasteiger partial charge in [0.25, 0.3) is 0 Å². The number of amides is 2. The maximum Gasteiger partial charge on any atom is 0.227 e. The van der Waals surface area contributed by atoms with Crippen LogP contribution in [-0.4, -0.2) is 31.2 Å². The third-order valence-electron chi connectivity index (χ3n) is 4.24. The highest BCUT2D eigenvalue weighted by atomic mass is 32.2. The molecule has 27 heavy (non-hydrogen) atoms. The SMILES string of the molecule is COc1cc(NC(=O)CCSc2ccc(F)cc2)ccc1N1CCCC1=O. The number of hydrogen-bond donors (Lipinski definition) is 1. The topological polar surface area (TPSA) is 58.6 Å². The van der Waals surface area contributed by atoms with Gasteiger partial charge in [-0.15, -0.1) is 11.8 Å². The van der Waals surface area contributed by atoms with E-state index in [4.69, 9.17) is 4.74 Å². The number of anilines is 2. The van der Waals surface area contributed by atoms with Crippen molar-refractivity contribution in [3.63, 3.8) is 0 Å². The molecule has 2 aromatic carbocycles. The van der Waals surface area contributed by atoms with Crippen molar-refractivity contribution in [3.05, 3.63) is 48.3 Å². The molecule has 5 nitrogen and oxygen atoms in total. The summed E-state index contributed by atoms with van der Waals surface area (Å²) in [5.41, 5.74) is 1.35. The van der Waals surface area contributed by atoms with Crippen molar-refractivity contribution in [2.45, 2.75) is 24.2 Å². The average molecular weight is 388 g/mol. The van der Waals surface area contributed by atoms with Crippen LogP contribution >= 0.6 is 11.8 Å². The van der Waals surface area contributed by atoms with Crippen molar-refractivity contribution < 1.29 is 18.7 Å². The fourth-order valence-electron chi connectivity index (χ4n) is 2.90. The molecule has 0 spiro atoms. The van der Waals surface area contributed by atoms with Crippen LogP contribution in [0, 0.1) is 5.82 Å². The van der Waals surface area contributed by atoms with E-state index >= 15 is 0 Å². The van der Waals surface area contributed by atoms with Gasteiger partial charge in [-0.3, -0.25) is 9.59 Å². The Kier molecular flexibility index (Phi) is 6.34. The first-order valence-electron chi connectivity index (χ1n) is 8.73. The maximum atomic E-state index is 12.9. The molecule has 142 valence electrons. The Morgan fingerprint density at radius 2 is 2.04 bits per heavy atom. The highest BCUT2D eigenvalue weighted by Crippen LogP contribution is 2.33. The Hall–Kier alpha value is -2.54. The van der Waals surface area contributed by atoms with Gasteiger partial charge in [0.2, 0.25) is 11.8 Å². The van der Waals surface area contributed by atoms with Gasteiger partial charge in [-0.25, -0.2) is 4.39 Å². The predicted octanol–water partition coefficient (Wildman–Crippen LogP) is 4.08. The number of carbonyl (C=O) groups excluding carboxylic acids is 2. The summed E-state index contributed by atoms with van der Waals surface area (Å²) < 4.78 is 18.3. The van der Waals surface area contributed by atoms with Crippen LogP contribution < -0.4 is 15.0 Å². The van der Waals surface area contributed by atoms with Crippen molar-refractivity contribution in [1.29, 1.82) is 0 Å². The third-order valence-corrected chi connectivity index (χ3v) is 5.25. The summed E-state index contributed by atoms with van der Waals surface area (Å²) in [5, 5.41) is 2.85. The molecular weight excluding hydrogens is 367 g/mol. The molecule has 0 aromatic heterocycles. The lowest BCUT2D eigenvalue weighted by Crippen LogP contribution is -2.24. The van der Waals surface area contributed by atoms with E-state index in [1.54, 1.807) is 42.3 Å². The molecule has 0 atom stereocenters. The van der Waals surface area contributed by atoms with Crippen LogP contribution in [-0.2, 0) is 9.59 Å².